The maximum atomic E-state index is 11.5. The van der Waals surface area contributed by atoms with E-state index in [1.807, 2.05) is 6.92 Å². The lowest BCUT2D eigenvalue weighted by atomic mass is 10.2. The molecule has 2 N–H and O–H groups in total. The van der Waals surface area contributed by atoms with E-state index in [0.717, 1.165) is 13.1 Å². The largest absolute Gasteiger partial charge is 0.380 e. The van der Waals surface area contributed by atoms with Gasteiger partial charge in [0.25, 0.3) is 0 Å². The Morgan fingerprint density at radius 3 is 3.13 bits per heavy atom. The average Bonchev–Trinajstić information content (AvgIpc) is 2.27. The number of amides is 1. The molecule has 1 aliphatic heterocycles. The number of nitrogens with one attached hydrogen (secondary N) is 2. The number of rotatable bonds is 5. The van der Waals surface area contributed by atoms with Crippen LogP contribution in [0, 0.1) is 0 Å². The Kier molecular flexibility index (Phi) is 5.60. The molecule has 1 saturated heterocycles. The van der Waals surface area contributed by atoms with Gasteiger partial charge in [-0.2, -0.15) is 0 Å². The van der Waals surface area contributed by atoms with E-state index < -0.39 is 0 Å². The standard InChI is InChI=1S/C10H20N2O3/c1-8(14-2)6-12-10(13)5-9-7-11-3-4-15-9/h8-9,11H,3-7H2,1-2H3,(H,12,13). The molecule has 88 valence electrons. The van der Waals surface area contributed by atoms with Crippen molar-refractivity contribution in [3.8, 4) is 0 Å². The first kappa shape index (κ1) is 12.4. The molecule has 0 aromatic carbocycles. The highest BCUT2D eigenvalue weighted by atomic mass is 16.5. The van der Waals surface area contributed by atoms with Gasteiger partial charge in [0.2, 0.25) is 5.91 Å². The molecule has 1 rings (SSSR count). The van der Waals surface area contributed by atoms with Gasteiger partial charge in [-0.3, -0.25) is 4.79 Å². The predicted molar refractivity (Wildman–Crippen MR) is 56.7 cm³/mol. The highest BCUT2D eigenvalue weighted by molar-refractivity contribution is 5.76. The van der Waals surface area contributed by atoms with Gasteiger partial charge in [0.1, 0.15) is 0 Å². The summed E-state index contributed by atoms with van der Waals surface area (Å²) in [5, 5.41) is 6.00. The summed E-state index contributed by atoms with van der Waals surface area (Å²) in [6, 6.07) is 0. The van der Waals surface area contributed by atoms with Crippen LogP contribution in [0.25, 0.3) is 0 Å². The molecule has 1 aliphatic rings. The summed E-state index contributed by atoms with van der Waals surface area (Å²) in [5.41, 5.74) is 0. The molecule has 0 aliphatic carbocycles. The molecule has 15 heavy (non-hydrogen) atoms. The number of hydrogen-bond acceptors (Lipinski definition) is 4. The van der Waals surface area contributed by atoms with Gasteiger partial charge in [0.15, 0.2) is 0 Å². The van der Waals surface area contributed by atoms with Crippen molar-refractivity contribution < 1.29 is 14.3 Å². The van der Waals surface area contributed by atoms with Crippen LogP contribution in [-0.4, -0.2) is 51.5 Å². The summed E-state index contributed by atoms with van der Waals surface area (Å²) in [6.07, 6.45) is 0.486. The van der Waals surface area contributed by atoms with E-state index in [1.165, 1.54) is 0 Å². The summed E-state index contributed by atoms with van der Waals surface area (Å²) in [6.45, 7) is 4.78. The third kappa shape index (κ3) is 5.11. The topological polar surface area (TPSA) is 59.6 Å². The van der Waals surface area contributed by atoms with Gasteiger partial charge < -0.3 is 20.1 Å². The second-order valence-corrected chi connectivity index (χ2v) is 3.75. The Labute approximate surface area is 90.5 Å². The zero-order chi connectivity index (χ0) is 11.1. The zero-order valence-electron chi connectivity index (χ0n) is 9.41. The molecule has 2 atom stereocenters. The fourth-order valence-corrected chi connectivity index (χ4v) is 1.37. The average molecular weight is 216 g/mol. The molecule has 5 nitrogen and oxygen atoms in total. The fourth-order valence-electron chi connectivity index (χ4n) is 1.37. The molecule has 0 saturated carbocycles. The van der Waals surface area contributed by atoms with Crippen LogP contribution in [0.4, 0.5) is 0 Å². The first-order valence-corrected chi connectivity index (χ1v) is 5.34. The number of hydrogen-bond donors (Lipinski definition) is 2. The van der Waals surface area contributed by atoms with E-state index in [9.17, 15) is 4.79 Å². The Morgan fingerprint density at radius 1 is 1.73 bits per heavy atom. The third-order valence-electron chi connectivity index (χ3n) is 2.41. The second-order valence-electron chi connectivity index (χ2n) is 3.75. The summed E-state index contributed by atoms with van der Waals surface area (Å²) < 4.78 is 10.5. The smallest absolute Gasteiger partial charge is 0.222 e. The van der Waals surface area contributed by atoms with Gasteiger partial charge in [-0.15, -0.1) is 0 Å². The lowest BCUT2D eigenvalue weighted by Crippen LogP contribution is -2.42. The molecule has 0 bridgehead atoms. The van der Waals surface area contributed by atoms with E-state index in [-0.39, 0.29) is 18.1 Å². The van der Waals surface area contributed by atoms with Crippen molar-refractivity contribution in [2.24, 2.45) is 0 Å². The fraction of sp³-hybridized carbons (Fsp3) is 0.900. The summed E-state index contributed by atoms with van der Waals surface area (Å²) in [7, 11) is 1.63. The van der Waals surface area contributed by atoms with Crippen LogP contribution in [0.1, 0.15) is 13.3 Å². The number of methoxy groups -OCH3 is 1. The number of carbonyl (C=O) groups is 1. The number of carbonyl (C=O) groups excluding carboxylic acids is 1. The molecule has 0 spiro atoms. The maximum absolute atomic E-state index is 11.5. The van der Waals surface area contributed by atoms with Gasteiger partial charge >= 0.3 is 0 Å². The van der Waals surface area contributed by atoms with E-state index in [1.54, 1.807) is 7.11 Å². The molecule has 5 heteroatoms. The quantitative estimate of drug-likeness (QED) is 0.651. The van der Waals surface area contributed by atoms with Crippen LogP contribution in [0.15, 0.2) is 0 Å². The maximum Gasteiger partial charge on any atom is 0.222 e. The van der Waals surface area contributed by atoms with E-state index in [4.69, 9.17) is 9.47 Å². The molecule has 2 unspecified atom stereocenters. The molecule has 1 amide bonds. The first-order chi connectivity index (χ1) is 7.22. The number of ether oxygens (including phenoxy) is 2. The predicted octanol–water partition coefficient (Wildman–Crippen LogP) is -0.484. The van der Waals surface area contributed by atoms with Gasteiger partial charge in [-0.25, -0.2) is 0 Å². The molecular weight excluding hydrogens is 196 g/mol. The van der Waals surface area contributed by atoms with Crippen molar-refractivity contribution in [1.29, 1.82) is 0 Å². The van der Waals surface area contributed by atoms with E-state index in [2.05, 4.69) is 10.6 Å². The van der Waals surface area contributed by atoms with Gasteiger partial charge in [-0.1, -0.05) is 0 Å². The highest BCUT2D eigenvalue weighted by Gasteiger charge is 2.17. The van der Waals surface area contributed by atoms with Crippen LogP contribution in [0.2, 0.25) is 0 Å². The van der Waals surface area contributed by atoms with Crippen molar-refractivity contribution in [2.45, 2.75) is 25.6 Å². The summed E-state index contributed by atoms with van der Waals surface area (Å²) in [4.78, 5) is 11.5. The summed E-state index contributed by atoms with van der Waals surface area (Å²) in [5.74, 6) is 0.0209. The molecule has 1 fully saturated rings. The molecular formula is C10H20N2O3. The minimum atomic E-state index is 0.0107. The van der Waals surface area contributed by atoms with Gasteiger partial charge in [0, 0.05) is 26.7 Å². The minimum absolute atomic E-state index is 0.0107. The first-order valence-electron chi connectivity index (χ1n) is 5.34. The Hall–Kier alpha value is -0.650. The molecule has 0 radical (unpaired) electrons. The van der Waals surface area contributed by atoms with Crippen LogP contribution in [0.3, 0.4) is 0 Å². The lowest BCUT2D eigenvalue weighted by molar-refractivity contribution is -0.125. The molecule has 0 aromatic heterocycles. The van der Waals surface area contributed by atoms with Crippen LogP contribution >= 0.6 is 0 Å². The van der Waals surface area contributed by atoms with E-state index >= 15 is 0 Å². The van der Waals surface area contributed by atoms with Crippen molar-refractivity contribution in [3.05, 3.63) is 0 Å². The van der Waals surface area contributed by atoms with E-state index in [0.29, 0.717) is 19.6 Å². The van der Waals surface area contributed by atoms with Crippen LogP contribution in [-0.2, 0) is 14.3 Å². The Balaban J connectivity index is 2.11. The Bertz CT molecular complexity index is 193. The van der Waals surface area contributed by atoms with Crippen molar-refractivity contribution >= 4 is 5.91 Å². The van der Waals surface area contributed by atoms with Crippen LogP contribution < -0.4 is 10.6 Å². The minimum Gasteiger partial charge on any atom is -0.380 e. The normalized spacial score (nSPS) is 23.5. The lowest BCUT2D eigenvalue weighted by Gasteiger charge is -2.23. The Morgan fingerprint density at radius 2 is 2.53 bits per heavy atom. The SMILES string of the molecule is COC(C)CNC(=O)CC1CNCCO1. The molecule has 0 aromatic rings. The van der Waals surface area contributed by atoms with Crippen molar-refractivity contribution in [2.75, 3.05) is 33.4 Å². The molecule has 1 heterocycles. The monoisotopic (exact) mass is 216 g/mol. The van der Waals surface area contributed by atoms with Crippen molar-refractivity contribution in [1.82, 2.24) is 10.6 Å². The summed E-state index contributed by atoms with van der Waals surface area (Å²) >= 11 is 0. The second kappa shape index (κ2) is 6.76. The highest BCUT2D eigenvalue weighted by Crippen LogP contribution is 2.01. The van der Waals surface area contributed by atoms with Gasteiger partial charge in [-0.05, 0) is 6.92 Å². The number of morpholine rings is 1. The van der Waals surface area contributed by atoms with Crippen LogP contribution in [0.5, 0.6) is 0 Å². The van der Waals surface area contributed by atoms with Crippen molar-refractivity contribution in [3.63, 3.8) is 0 Å². The third-order valence-corrected chi connectivity index (χ3v) is 2.41. The zero-order valence-corrected chi connectivity index (χ0v) is 9.41. The van der Waals surface area contributed by atoms with Gasteiger partial charge in [0.05, 0.1) is 25.2 Å².